The van der Waals surface area contributed by atoms with Crippen molar-refractivity contribution in [2.45, 2.75) is 134 Å². The summed E-state index contributed by atoms with van der Waals surface area (Å²) in [4.78, 5) is 13.5. The average molecular weight is 462 g/mol. The number of hydrogen-bond acceptors (Lipinski definition) is 6. The number of nitrogens with zero attached hydrogens (tertiary/aromatic N) is 1. The van der Waals surface area contributed by atoms with Crippen molar-refractivity contribution in [1.29, 1.82) is 0 Å². The molecule has 7 heteroatoms. The van der Waals surface area contributed by atoms with Crippen LogP contribution in [0.2, 0.25) is 0 Å². The Labute approximate surface area is 195 Å². The van der Waals surface area contributed by atoms with Gasteiger partial charge in [0.2, 0.25) is 0 Å². The van der Waals surface area contributed by atoms with Gasteiger partial charge < -0.3 is 30.4 Å². The van der Waals surface area contributed by atoms with Gasteiger partial charge in [0.15, 0.2) is 6.10 Å². The molecule has 4 atom stereocenters. The van der Waals surface area contributed by atoms with Crippen molar-refractivity contribution in [3.8, 4) is 0 Å². The Morgan fingerprint density at radius 1 is 0.656 bits per heavy atom. The average Bonchev–Trinajstić information content (AvgIpc) is 2.81. The third-order valence-electron chi connectivity index (χ3n) is 6.23. The molecule has 0 aromatic rings. The van der Waals surface area contributed by atoms with Crippen molar-refractivity contribution in [1.82, 2.24) is 4.90 Å². The van der Waals surface area contributed by atoms with E-state index in [1.807, 2.05) is 0 Å². The summed E-state index contributed by atoms with van der Waals surface area (Å²) < 4.78 is 0. The van der Waals surface area contributed by atoms with Crippen molar-refractivity contribution in [3.05, 3.63) is 0 Å². The monoisotopic (exact) mass is 461 g/mol. The normalized spacial score (nSPS) is 15.3. The lowest BCUT2D eigenvalue weighted by Crippen LogP contribution is -2.52. The molecule has 0 aliphatic rings. The Kier molecular flexibility index (Phi) is 20.4. The second kappa shape index (κ2) is 20.8. The highest BCUT2D eigenvalue weighted by molar-refractivity contribution is 5.81. The van der Waals surface area contributed by atoms with Gasteiger partial charge >= 0.3 is 0 Å². The quantitative estimate of drug-likeness (QED) is 0.158. The molecule has 0 saturated heterocycles. The lowest BCUT2D eigenvalue weighted by Gasteiger charge is -2.28. The molecule has 0 unspecified atom stereocenters. The van der Waals surface area contributed by atoms with Crippen LogP contribution in [0, 0.1) is 0 Å². The molecule has 0 aliphatic carbocycles. The van der Waals surface area contributed by atoms with Crippen LogP contribution in [0.4, 0.5) is 0 Å². The maximum absolute atomic E-state index is 12.2. The molecule has 192 valence electrons. The van der Waals surface area contributed by atoms with E-state index in [1.165, 1.54) is 88.4 Å². The number of likely N-dealkylation sites (N-methyl/N-ethyl adjacent to an activating group) is 1. The van der Waals surface area contributed by atoms with E-state index in [1.54, 1.807) is 7.05 Å². The minimum atomic E-state index is -1.85. The zero-order valence-corrected chi connectivity index (χ0v) is 20.6. The number of aliphatic hydroxyl groups excluding tert-OH is 5. The molecule has 0 aromatic heterocycles. The molecule has 32 heavy (non-hydrogen) atoms. The number of amides is 1. The van der Waals surface area contributed by atoms with Gasteiger partial charge in [-0.2, -0.15) is 0 Å². The van der Waals surface area contributed by atoms with Crippen molar-refractivity contribution >= 4 is 5.91 Å². The lowest BCUT2D eigenvalue weighted by molar-refractivity contribution is -0.157. The first-order chi connectivity index (χ1) is 15.4. The standard InChI is InChI=1S/C25H51NO6/c1-3-4-5-6-7-8-9-10-11-12-13-14-15-16-17-18-19-26(2)25(32)24(31)23(30)22(29)21(28)20-27/h21-24,27-31H,3-20H2,1-2H3/t21-,22-,23+,24-/m1/s1. The van der Waals surface area contributed by atoms with Crippen LogP contribution in [0.5, 0.6) is 0 Å². The Morgan fingerprint density at radius 2 is 1.03 bits per heavy atom. The maximum Gasteiger partial charge on any atom is 0.253 e. The van der Waals surface area contributed by atoms with Crippen molar-refractivity contribution in [2.24, 2.45) is 0 Å². The topological polar surface area (TPSA) is 121 Å². The molecule has 5 N–H and O–H groups in total. The summed E-state index contributed by atoms with van der Waals surface area (Å²) in [6.07, 6.45) is 13.3. The number of aliphatic hydroxyl groups is 5. The Balaban J connectivity index is 3.61. The zero-order valence-electron chi connectivity index (χ0n) is 20.6. The molecule has 7 nitrogen and oxygen atoms in total. The van der Waals surface area contributed by atoms with Crippen LogP contribution in [0.1, 0.15) is 110 Å². The van der Waals surface area contributed by atoms with Crippen LogP contribution in [0.3, 0.4) is 0 Å². The molecule has 0 spiro atoms. The van der Waals surface area contributed by atoms with Gasteiger partial charge in [-0.05, 0) is 6.42 Å². The van der Waals surface area contributed by atoms with Crippen LogP contribution < -0.4 is 0 Å². The largest absolute Gasteiger partial charge is 0.394 e. The first kappa shape index (κ1) is 31.3. The number of hydrogen-bond donors (Lipinski definition) is 5. The lowest BCUT2D eigenvalue weighted by atomic mass is 10.0. The number of rotatable bonds is 22. The number of unbranched alkanes of at least 4 members (excludes halogenated alkanes) is 15. The third kappa shape index (κ3) is 15.2. The van der Waals surface area contributed by atoms with E-state index in [9.17, 15) is 25.2 Å². The van der Waals surface area contributed by atoms with Gasteiger partial charge in [-0.1, -0.05) is 103 Å². The second-order valence-electron chi connectivity index (χ2n) is 9.24. The SMILES string of the molecule is CCCCCCCCCCCCCCCCCCN(C)C(=O)[C@H](O)[C@@H](O)[C@H](O)[C@H](O)CO. The smallest absolute Gasteiger partial charge is 0.253 e. The van der Waals surface area contributed by atoms with E-state index in [2.05, 4.69) is 6.92 Å². The van der Waals surface area contributed by atoms with Crippen LogP contribution in [0.25, 0.3) is 0 Å². The summed E-state index contributed by atoms with van der Waals surface area (Å²) >= 11 is 0. The van der Waals surface area contributed by atoms with Gasteiger partial charge in [-0.3, -0.25) is 4.79 Å². The fraction of sp³-hybridized carbons (Fsp3) is 0.960. The molecule has 0 rings (SSSR count). The van der Waals surface area contributed by atoms with Crippen molar-refractivity contribution < 1.29 is 30.3 Å². The first-order valence-corrected chi connectivity index (χ1v) is 12.9. The molecule has 0 heterocycles. The van der Waals surface area contributed by atoms with Gasteiger partial charge in [0.25, 0.3) is 5.91 Å². The summed E-state index contributed by atoms with van der Waals surface area (Å²) in [5.74, 6) is -0.706. The molecule has 0 fully saturated rings. The van der Waals surface area contributed by atoms with Gasteiger partial charge in [0.05, 0.1) is 6.61 Å². The van der Waals surface area contributed by atoms with Crippen LogP contribution in [-0.2, 0) is 4.79 Å². The maximum atomic E-state index is 12.2. The summed E-state index contributed by atoms with van der Waals surface area (Å²) in [6, 6.07) is 0. The Hall–Kier alpha value is -0.730. The molecule has 0 bridgehead atoms. The predicted molar refractivity (Wildman–Crippen MR) is 128 cm³/mol. The van der Waals surface area contributed by atoms with Crippen LogP contribution in [-0.4, -0.2) is 81.0 Å². The highest BCUT2D eigenvalue weighted by Crippen LogP contribution is 2.14. The molecule has 0 aliphatic heterocycles. The number of carbonyl (C=O) groups is 1. The highest BCUT2D eigenvalue weighted by atomic mass is 16.4. The fourth-order valence-corrected chi connectivity index (χ4v) is 3.90. The Morgan fingerprint density at radius 3 is 1.41 bits per heavy atom. The van der Waals surface area contributed by atoms with E-state index < -0.39 is 36.9 Å². The zero-order chi connectivity index (χ0) is 24.2. The van der Waals surface area contributed by atoms with E-state index in [4.69, 9.17) is 5.11 Å². The van der Waals surface area contributed by atoms with Crippen LogP contribution >= 0.6 is 0 Å². The van der Waals surface area contributed by atoms with Crippen LogP contribution in [0.15, 0.2) is 0 Å². The van der Waals surface area contributed by atoms with Gasteiger partial charge in [0, 0.05) is 13.6 Å². The fourth-order valence-electron chi connectivity index (χ4n) is 3.90. The summed E-state index contributed by atoms with van der Waals surface area (Å²) in [7, 11) is 1.54. The van der Waals surface area contributed by atoms with E-state index in [0.717, 1.165) is 19.3 Å². The molecule has 0 radical (unpaired) electrons. The summed E-state index contributed by atoms with van der Waals surface area (Å²) in [5, 5.41) is 47.5. The first-order valence-electron chi connectivity index (χ1n) is 12.9. The predicted octanol–water partition coefficient (Wildman–Crippen LogP) is 3.14. The molecule has 1 amide bonds. The van der Waals surface area contributed by atoms with Crippen molar-refractivity contribution in [3.63, 3.8) is 0 Å². The molecule has 0 saturated carbocycles. The number of carbonyl (C=O) groups excluding carboxylic acids is 1. The molecule has 0 aromatic carbocycles. The molecular weight excluding hydrogens is 410 g/mol. The minimum absolute atomic E-state index is 0.458. The van der Waals surface area contributed by atoms with E-state index in [0.29, 0.717) is 6.54 Å². The van der Waals surface area contributed by atoms with Crippen molar-refractivity contribution in [2.75, 3.05) is 20.2 Å². The van der Waals surface area contributed by atoms with E-state index in [-0.39, 0.29) is 0 Å². The highest BCUT2D eigenvalue weighted by Gasteiger charge is 2.35. The third-order valence-corrected chi connectivity index (χ3v) is 6.23. The second-order valence-corrected chi connectivity index (χ2v) is 9.24. The van der Waals surface area contributed by atoms with Gasteiger partial charge in [-0.15, -0.1) is 0 Å². The summed E-state index contributed by atoms with van der Waals surface area (Å²) in [6.45, 7) is 1.94. The molecular formula is C25H51NO6. The Bertz CT molecular complexity index is 437. The van der Waals surface area contributed by atoms with E-state index >= 15 is 0 Å². The van der Waals surface area contributed by atoms with Gasteiger partial charge in [0.1, 0.15) is 18.3 Å². The van der Waals surface area contributed by atoms with Gasteiger partial charge in [-0.25, -0.2) is 0 Å². The minimum Gasteiger partial charge on any atom is -0.394 e. The summed E-state index contributed by atoms with van der Waals surface area (Å²) in [5.41, 5.74) is 0.